The van der Waals surface area contributed by atoms with Crippen molar-refractivity contribution in [1.82, 2.24) is 5.32 Å². The fourth-order valence-corrected chi connectivity index (χ4v) is 2.65. The first-order valence-corrected chi connectivity index (χ1v) is 8.32. The van der Waals surface area contributed by atoms with Crippen LogP contribution in [0, 0.1) is 0 Å². The molecular weight excluding hydrogens is 316 g/mol. The molecule has 2 N–H and O–H groups in total. The van der Waals surface area contributed by atoms with Crippen LogP contribution in [0.1, 0.15) is 18.1 Å². The average Bonchev–Trinajstić information content (AvgIpc) is 2.65. The molecule has 0 radical (unpaired) electrons. The van der Waals surface area contributed by atoms with Gasteiger partial charge < -0.3 is 20.1 Å². The number of amides is 1. The van der Waals surface area contributed by atoms with E-state index in [4.69, 9.17) is 9.47 Å². The average molecular weight is 338 g/mol. The molecule has 25 heavy (non-hydrogen) atoms. The van der Waals surface area contributed by atoms with E-state index >= 15 is 0 Å². The molecule has 1 heterocycles. The lowest BCUT2D eigenvalue weighted by atomic mass is 10.1. The Kier molecular flexibility index (Phi) is 5.36. The zero-order valence-electron chi connectivity index (χ0n) is 14.5. The van der Waals surface area contributed by atoms with Crippen LogP contribution in [0.3, 0.4) is 0 Å². The fraction of sp³-hybridized carbons (Fsp3) is 0.250. The molecule has 1 amide bonds. The Bertz CT molecular complexity index is 799. The third kappa shape index (κ3) is 4.19. The second-order valence-electron chi connectivity index (χ2n) is 5.80. The molecule has 1 aliphatic rings. The Morgan fingerprint density at radius 3 is 2.92 bits per heavy atom. The van der Waals surface area contributed by atoms with E-state index < -0.39 is 0 Å². The van der Waals surface area contributed by atoms with Gasteiger partial charge in [0.25, 0.3) is 5.91 Å². The van der Waals surface area contributed by atoms with Gasteiger partial charge in [0.15, 0.2) is 0 Å². The van der Waals surface area contributed by atoms with Crippen molar-refractivity contribution in [2.45, 2.75) is 13.5 Å². The maximum atomic E-state index is 12.6. The third-order valence-electron chi connectivity index (χ3n) is 3.99. The van der Waals surface area contributed by atoms with Crippen molar-refractivity contribution in [3.8, 4) is 11.5 Å². The number of hydrogen-bond acceptors (Lipinski definition) is 4. The first kappa shape index (κ1) is 17.0. The quantitative estimate of drug-likeness (QED) is 0.849. The van der Waals surface area contributed by atoms with Gasteiger partial charge in [0.1, 0.15) is 18.1 Å². The first-order chi connectivity index (χ1) is 12.2. The van der Waals surface area contributed by atoms with E-state index in [1.54, 1.807) is 7.11 Å². The highest BCUT2D eigenvalue weighted by Crippen LogP contribution is 2.30. The number of hydrogen-bond donors (Lipinski definition) is 2. The van der Waals surface area contributed by atoms with Crippen LogP contribution >= 0.6 is 0 Å². The van der Waals surface area contributed by atoms with Crippen LogP contribution in [-0.2, 0) is 11.3 Å². The summed E-state index contributed by atoms with van der Waals surface area (Å²) in [4.78, 5) is 12.6. The van der Waals surface area contributed by atoms with Gasteiger partial charge in [-0.2, -0.15) is 0 Å². The Balaban J connectivity index is 1.74. The van der Waals surface area contributed by atoms with Crippen molar-refractivity contribution in [2.75, 3.05) is 25.6 Å². The minimum absolute atomic E-state index is 0.158. The number of benzene rings is 2. The van der Waals surface area contributed by atoms with E-state index in [1.165, 1.54) is 0 Å². The van der Waals surface area contributed by atoms with Gasteiger partial charge >= 0.3 is 0 Å². The summed E-state index contributed by atoms with van der Waals surface area (Å²) in [6.45, 7) is 4.00. The zero-order valence-corrected chi connectivity index (χ0v) is 14.5. The third-order valence-corrected chi connectivity index (χ3v) is 3.99. The second kappa shape index (κ2) is 7.85. The molecule has 0 saturated heterocycles. The summed E-state index contributed by atoms with van der Waals surface area (Å²) in [5.41, 5.74) is 3.33. The molecule has 0 unspecified atom stereocenters. The monoisotopic (exact) mass is 338 g/mol. The standard InChI is InChI=1S/C20H22N2O3/c1-3-21-12-14-5-4-6-17(9-14)22-20(23)16-10-15-11-18(24-2)7-8-19(15)25-13-16/h4-11,21H,3,12-13H2,1-2H3,(H,22,23). The molecule has 0 atom stereocenters. The normalized spacial score (nSPS) is 12.6. The van der Waals surface area contributed by atoms with Crippen molar-refractivity contribution in [1.29, 1.82) is 0 Å². The smallest absolute Gasteiger partial charge is 0.255 e. The molecule has 5 nitrogen and oxygen atoms in total. The number of rotatable bonds is 6. The molecule has 3 rings (SSSR count). The maximum Gasteiger partial charge on any atom is 0.255 e. The van der Waals surface area contributed by atoms with Gasteiger partial charge in [-0.25, -0.2) is 0 Å². The molecule has 2 aromatic rings. The van der Waals surface area contributed by atoms with Gasteiger partial charge in [-0.3, -0.25) is 4.79 Å². The molecule has 130 valence electrons. The fourth-order valence-electron chi connectivity index (χ4n) is 2.65. The van der Waals surface area contributed by atoms with E-state index in [-0.39, 0.29) is 12.5 Å². The van der Waals surface area contributed by atoms with E-state index in [0.29, 0.717) is 5.57 Å². The number of carbonyl (C=O) groups is 1. The molecule has 0 aromatic heterocycles. The predicted octanol–water partition coefficient (Wildman–Crippen LogP) is 3.22. The lowest BCUT2D eigenvalue weighted by molar-refractivity contribution is -0.113. The molecule has 1 aliphatic heterocycles. The van der Waals surface area contributed by atoms with Crippen molar-refractivity contribution in [3.05, 3.63) is 59.2 Å². The summed E-state index contributed by atoms with van der Waals surface area (Å²) in [6, 6.07) is 13.4. The highest BCUT2D eigenvalue weighted by atomic mass is 16.5. The Labute approximate surface area is 147 Å². The predicted molar refractivity (Wildman–Crippen MR) is 98.9 cm³/mol. The van der Waals surface area contributed by atoms with E-state index in [2.05, 4.69) is 17.6 Å². The van der Waals surface area contributed by atoms with Gasteiger partial charge in [0.05, 0.1) is 12.7 Å². The topological polar surface area (TPSA) is 59.6 Å². The first-order valence-electron chi connectivity index (χ1n) is 8.32. The lowest BCUT2D eigenvalue weighted by Gasteiger charge is -2.18. The van der Waals surface area contributed by atoms with Crippen LogP contribution in [0.2, 0.25) is 0 Å². The molecule has 0 spiro atoms. The van der Waals surface area contributed by atoms with Crippen molar-refractivity contribution < 1.29 is 14.3 Å². The highest BCUT2D eigenvalue weighted by molar-refractivity contribution is 6.07. The van der Waals surface area contributed by atoms with Crippen LogP contribution < -0.4 is 20.1 Å². The summed E-state index contributed by atoms with van der Waals surface area (Å²) in [6.07, 6.45) is 1.85. The minimum atomic E-state index is -0.158. The van der Waals surface area contributed by atoms with Crippen molar-refractivity contribution in [3.63, 3.8) is 0 Å². The molecule has 5 heteroatoms. The molecule has 2 aromatic carbocycles. The number of carbonyl (C=O) groups excluding carboxylic acids is 1. The van der Waals surface area contributed by atoms with Gasteiger partial charge in [-0.05, 0) is 48.5 Å². The summed E-state index contributed by atoms with van der Waals surface area (Å²) in [7, 11) is 1.61. The zero-order chi connectivity index (χ0) is 17.6. The van der Waals surface area contributed by atoms with E-state index in [1.807, 2.05) is 48.5 Å². The van der Waals surface area contributed by atoms with Gasteiger partial charge in [0, 0.05) is 17.8 Å². The van der Waals surface area contributed by atoms with Crippen LogP contribution in [0.15, 0.2) is 48.0 Å². The second-order valence-corrected chi connectivity index (χ2v) is 5.80. The Morgan fingerprint density at radius 2 is 2.12 bits per heavy atom. The summed E-state index contributed by atoms with van der Waals surface area (Å²) < 4.78 is 10.9. The number of fused-ring (bicyclic) bond motifs is 1. The summed E-state index contributed by atoms with van der Waals surface area (Å²) >= 11 is 0. The largest absolute Gasteiger partial charge is 0.497 e. The molecule has 0 saturated carbocycles. The number of anilines is 1. The molecule has 0 bridgehead atoms. The lowest BCUT2D eigenvalue weighted by Crippen LogP contribution is -2.21. The van der Waals surface area contributed by atoms with E-state index in [9.17, 15) is 4.79 Å². The molecule has 0 aliphatic carbocycles. The summed E-state index contributed by atoms with van der Waals surface area (Å²) in [5, 5.41) is 6.22. The van der Waals surface area contributed by atoms with Crippen LogP contribution in [0.5, 0.6) is 11.5 Å². The maximum absolute atomic E-state index is 12.6. The van der Waals surface area contributed by atoms with Crippen molar-refractivity contribution in [2.24, 2.45) is 0 Å². The number of methoxy groups -OCH3 is 1. The van der Waals surface area contributed by atoms with Gasteiger partial charge in [-0.1, -0.05) is 19.1 Å². The molecule has 0 fully saturated rings. The molecular formula is C20H22N2O3. The highest BCUT2D eigenvalue weighted by Gasteiger charge is 2.18. The number of ether oxygens (including phenoxy) is 2. The Morgan fingerprint density at radius 1 is 1.24 bits per heavy atom. The van der Waals surface area contributed by atoms with Crippen LogP contribution in [0.4, 0.5) is 5.69 Å². The van der Waals surface area contributed by atoms with E-state index in [0.717, 1.165) is 41.4 Å². The van der Waals surface area contributed by atoms with Crippen molar-refractivity contribution >= 4 is 17.7 Å². The SMILES string of the molecule is CCNCc1cccc(NC(=O)C2=Cc3cc(OC)ccc3OC2)c1. The van der Waals surface area contributed by atoms with Gasteiger partial charge in [-0.15, -0.1) is 0 Å². The van der Waals surface area contributed by atoms with Crippen LogP contribution in [0.25, 0.3) is 6.08 Å². The van der Waals surface area contributed by atoms with Crippen LogP contribution in [-0.4, -0.2) is 26.2 Å². The number of nitrogens with one attached hydrogen (secondary N) is 2. The summed E-state index contributed by atoms with van der Waals surface area (Å²) in [5.74, 6) is 1.33. The Hall–Kier alpha value is -2.79. The van der Waals surface area contributed by atoms with Gasteiger partial charge in [0.2, 0.25) is 0 Å². The minimum Gasteiger partial charge on any atom is -0.497 e.